The van der Waals surface area contributed by atoms with Crippen molar-refractivity contribution in [3.63, 3.8) is 0 Å². The maximum absolute atomic E-state index is 12.7. The number of imidazole rings is 1. The zero-order chi connectivity index (χ0) is 21.8. The highest BCUT2D eigenvalue weighted by atomic mass is 32.2. The number of hydrogen-bond donors (Lipinski definition) is 1. The van der Waals surface area contributed by atoms with E-state index < -0.39 is 16.1 Å². The summed E-state index contributed by atoms with van der Waals surface area (Å²) in [6, 6.07) is 15.5. The van der Waals surface area contributed by atoms with Crippen LogP contribution in [0.4, 0.5) is 0 Å². The molecule has 1 atom stereocenters. The second-order valence-corrected chi connectivity index (χ2v) is 10.0. The average molecular weight is 441 g/mol. The minimum Gasteiger partial charge on any atom is -0.351 e. The summed E-state index contributed by atoms with van der Waals surface area (Å²) < 4.78 is 28.4. The average Bonchev–Trinajstić information content (AvgIpc) is 3.41. The number of nitrogens with one attached hydrogen (secondary N) is 1. The van der Waals surface area contributed by atoms with Gasteiger partial charge in [0.05, 0.1) is 23.1 Å². The number of carbonyl (C=O) groups is 1. The molecule has 1 fully saturated rings. The number of aromatic nitrogens is 2. The molecule has 1 aliphatic rings. The number of para-hydroxylation sites is 2. The van der Waals surface area contributed by atoms with E-state index in [0.29, 0.717) is 32.5 Å². The van der Waals surface area contributed by atoms with Crippen molar-refractivity contribution in [1.29, 1.82) is 0 Å². The maximum atomic E-state index is 12.7. The van der Waals surface area contributed by atoms with E-state index in [9.17, 15) is 13.2 Å². The van der Waals surface area contributed by atoms with Gasteiger partial charge in [0.25, 0.3) is 0 Å². The van der Waals surface area contributed by atoms with E-state index in [4.69, 9.17) is 0 Å². The summed E-state index contributed by atoms with van der Waals surface area (Å²) in [6.45, 7) is 3.32. The van der Waals surface area contributed by atoms with Gasteiger partial charge in [-0.3, -0.25) is 4.79 Å². The van der Waals surface area contributed by atoms with Crippen molar-refractivity contribution in [1.82, 2.24) is 19.2 Å². The zero-order valence-corrected chi connectivity index (χ0v) is 18.5. The molecule has 2 aromatic carbocycles. The third kappa shape index (κ3) is 4.80. The van der Waals surface area contributed by atoms with Crippen LogP contribution in [0, 0.1) is 0 Å². The van der Waals surface area contributed by atoms with Gasteiger partial charge >= 0.3 is 0 Å². The van der Waals surface area contributed by atoms with Gasteiger partial charge < -0.3 is 9.88 Å². The smallest absolute Gasteiger partial charge is 0.238 e. The number of nitrogens with zero attached hydrogens (tertiary/aromatic N) is 3. The van der Waals surface area contributed by atoms with Crippen LogP contribution < -0.4 is 5.32 Å². The van der Waals surface area contributed by atoms with E-state index in [-0.39, 0.29) is 11.7 Å². The molecule has 7 nitrogen and oxygen atoms in total. The summed E-state index contributed by atoms with van der Waals surface area (Å²) in [6.07, 6.45) is 3.68. The number of sulfonamides is 1. The fraction of sp³-hybridized carbons (Fsp3) is 0.391. The number of hydrogen-bond acceptors (Lipinski definition) is 4. The predicted molar refractivity (Wildman–Crippen MR) is 121 cm³/mol. The lowest BCUT2D eigenvalue weighted by atomic mass is 10.1. The molecule has 8 heteroatoms. The predicted octanol–water partition coefficient (Wildman–Crippen LogP) is 2.91. The summed E-state index contributed by atoms with van der Waals surface area (Å²) in [5, 5.41) is 2.94. The van der Waals surface area contributed by atoms with Crippen LogP contribution in [0.2, 0.25) is 0 Å². The Balaban J connectivity index is 1.40. The van der Waals surface area contributed by atoms with E-state index in [1.54, 1.807) is 0 Å². The van der Waals surface area contributed by atoms with Crippen LogP contribution in [0.5, 0.6) is 0 Å². The van der Waals surface area contributed by atoms with Crippen molar-refractivity contribution in [3.8, 4) is 0 Å². The molecule has 3 aromatic rings. The highest BCUT2D eigenvalue weighted by Crippen LogP contribution is 2.22. The Hall–Kier alpha value is -2.71. The first-order valence-electron chi connectivity index (χ1n) is 10.7. The molecular weight excluding hydrogens is 412 g/mol. The number of fused-ring (bicyclic) bond motifs is 1. The topological polar surface area (TPSA) is 84.3 Å². The highest BCUT2D eigenvalue weighted by molar-refractivity contribution is 7.89. The Bertz CT molecular complexity index is 1170. The van der Waals surface area contributed by atoms with E-state index in [0.717, 1.165) is 28.6 Å². The first-order chi connectivity index (χ1) is 15.0. The largest absolute Gasteiger partial charge is 0.351 e. The second-order valence-electron chi connectivity index (χ2n) is 7.98. The van der Waals surface area contributed by atoms with Gasteiger partial charge in [0.1, 0.15) is 6.04 Å². The van der Waals surface area contributed by atoms with Crippen molar-refractivity contribution in [3.05, 3.63) is 66.0 Å². The fourth-order valence-electron chi connectivity index (χ4n) is 4.19. The van der Waals surface area contributed by atoms with Gasteiger partial charge in [-0.2, -0.15) is 4.31 Å². The number of rotatable bonds is 8. The fourth-order valence-corrected chi connectivity index (χ4v) is 5.93. The first-order valence-corrected chi connectivity index (χ1v) is 12.3. The molecule has 1 aromatic heterocycles. The second kappa shape index (κ2) is 9.20. The summed E-state index contributed by atoms with van der Waals surface area (Å²) in [5.41, 5.74) is 4.14. The lowest BCUT2D eigenvalue weighted by Gasteiger charge is -2.23. The molecule has 1 aliphatic heterocycles. The van der Waals surface area contributed by atoms with Gasteiger partial charge in [0.15, 0.2) is 0 Å². The Kier molecular flexibility index (Phi) is 6.38. The molecule has 1 unspecified atom stereocenters. The van der Waals surface area contributed by atoms with Crippen molar-refractivity contribution < 1.29 is 13.2 Å². The van der Waals surface area contributed by atoms with Gasteiger partial charge in [-0.15, -0.1) is 0 Å². The van der Waals surface area contributed by atoms with Crippen LogP contribution in [0.15, 0.2) is 54.9 Å². The van der Waals surface area contributed by atoms with Gasteiger partial charge in [0.2, 0.25) is 15.9 Å². The zero-order valence-electron chi connectivity index (χ0n) is 17.7. The van der Waals surface area contributed by atoms with E-state index >= 15 is 0 Å². The van der Waals surface area contributed by atoms with Crippen LogP contribution >= 0.6 is 0 Å². The maximum Gasteiger partial charge on any atom is 0.238 e. The quantitative estimate of drug-likeness (QED) is 0.584. The molecule has 4 rings (SSSR count). The summed E-state index contributed by atoms with van der Waals surface area (Å²) >= 11 is 0. The van der Waals surface area contributed by atoms with Crippen molar-refractivity contribution >= 4 is 27.0 Å². The normalized spacial score (nSPS) is 17.3. The third-order valence-corrected chi connectivity index (χ3v) is 7.74. The molecule has 2 heterocycles. The SMILES string of the molecule is CCCS(=O)(=O)N1CCCC1C(=O)NCc1cccc(Cn2cnc3ccccc32)c1. The van der Waals surface area contributed by atoms with Crippen molar-refractivity contribution in [2.75, 3.05) is 12.3 Å². The number of amides is 1. The number of benzene rings is 2. The van der Waals surface area contributed by atoms with Gasteiger partial charge in [-0.05, 0) is 42.5 Å². The van der Waals surface area contributed by atoms with Crippen LogP contribution in [0.3, 0.4) is 0 Å². The minimum atomic E-state index is -3.38. The molecule has 0 saturated carbocycles. The van der Waals surface area contributed by atoms with Crippen LogP contribution in [0.25, 0.3) is 11.0 Å². The monoisotopic (exact) mass is 440 g/mol. The highest BCUT2D eigenvalue weighted by Gasteiger charge is 2.37. The van der Waals surface area contributed by atoms with Crippen LogP contribution in [-0.4, -0.2) is 46.5 Å². The molecule has 1 amide bonds. The molecule has 0 aliphatic carbocycles. The summed E-state index contributed by atoms with van der Waals surface area (Å²) in [7, 11) is -3.38. The lowest BCUT2D eigenvalue weighted by molar-refractivity contribution is -0.124. The molecule has 1 saturated heterocycles. The molecule has 0 radical (unpaired) electrons. The molecular formula is C23H28N4O3S. The molecule has 164 valence electrons. The lowest BCUT2D eigenvalue weighted by Crippen LogP contribution is -2.46. The minimum absolute atomic E-state index is 0.0851. The van der Waals surface area contributed by atoms with Gasteiger partial charge in [-0.1, -0.05) is 43.3 Å². The van der Waals surface area contributed by atoms with Crippen LogP contribution in [-0.2, 0) is 27.9 Å². The Morgan fingerprint density at radius 1 is 1.16 bits per heavy atom. The van der Waals surface area contributed by atoms with E-state index in [1.807, 2.05) is 49.6 Å². The molecule has 0 spiro atoms. The van der Waals surface area contributed by atoms with Crippen LogP contribution in [0.1, 0.15) is 37.3 Å². The van der Waals surface area contributed by atoms with E-state index in [2.05, 4.69) is 27.0 Å². The number of carbonyl (C=O) groups excluding carboxylic acids is 1. The summed E-state index contributed by atoms with van der Waals surface area (Å²) in [4.78, 5) is 17.2. The standard InChI is InChI=1S/C23H28N4O3S/c1-2-13-31(29,30)27-12-6-11-22(27)23(28)24-15-18-7-5-8-19(14-18)16-26-17-25-20-9-3-4-10-21(20)26/h3-5,7-10,14,17,22H,2,6,11-13,15-16H2,1H3,(H,24,28). The Morgan fingerprint density at radius 2 is 1.97 bits per heavy atom. The van der Waals surface area contributed by atoms with Crippen molar-refractivity contribution in [2.24, 2.45) is 0 Å². The third-order valence-electron chi connectivity index (χ3n) is 5.66. The molecule has 0 bridgehead atoms. The van der Waals surface area contributed by atoms with Gasteiger partial charge in [0, 0.05) is 19.6 Å². The van der Waals surface area contributed by atoms with E-state index in [1.165, 1.54) is 4.31 Å². The Labute approximate surface area is 183 Å². The Morgan fingerprint density at radius 3 is 2.81 bits per heavy atom. The van der Waals surface area contributed by atoms with Gasteiger partial charge in [-0.25, -0.2) is 13.4 Å². The van der Waals surface area contributed by atoms with Crippen molar-refractivity contribution in [2.45, 2.75) is 45.3 Å². The summed E-state index contributed by atoms with van der Waals surface area (Å²) in [5.74, 6) is -0.134. The molecule has 31 heavy (non-hydrogen) atoms. The first kappa shape index (κ1) is 21.5. The molecule has 1 N–H and O–H groups in total.